The fraction of sp³-hybridized carbons (Fsp3) is 0.125. The van der Waals surface area contributed by atoms with Crippen molar-refractivity contribution >= 4 is 31.3 Å². The second-order valence-electron chi connectivity index (χ2n) is 4.76. The first kappa shape index (κ1) is 15.8. The predicted octanol–water partition coefficient (Wildman–Crippen LogP) is 1.87. The van der Waals surface area contributed by atoms with Crippen LogP contribution in [0.15, 0.2) is 48.5 Å². The lowest BCUT2D eigenvalue weighted by Gasteiger charge is -1.93. The van der Waals surface area contributed by atoms with Gasteiger partial charge in [-0.1, -0.05) is 36.4 Å². The highest BCUT2D eigenvalue weighted by Gasteiger charge is 2.15. The van der Waals surface area contributed by atoms with Crippen LogP contribution in [-0.2, 0) is 22.4 Å². The Kier molecular flexibility index (Phi) is 5.30. The number of anilines is 2. The van der Waals surface area contributed by atoms with Crippen molar-refractivity contribution in [3.8, 4) is 0 Å². The summed E-state index contributed by atoms with van der Waals surface area (Å²) in [5.74, 6) is 0.197. The van der Waals surface area contributed by atoms with Gasteiger partial charge in [-0.05, 0) is 23.3 Å². The Morgan fingerprint density at radius 3 is 1.45 bits per heavy atom. The minimum atomic E-state index is 0.0983. The van der Waals surface area contributed by atoms with Gasteiger partial charge in [0.2, 0.25) is 11.8 Å². The first-order valence-corrected chi connectivity index (χ1v) is 6.86. The molecule has 2 aromatic carbocycles. The van der Waals surface area contributed by atoms with Crippen molar-refractivity contribution in [2.75, 3.05) is 10.6 Å². The topological polar surface area (TPSA) is 58.2 Å². The van der Waals surface area contributed by atoms with E-state index in [4.69, 9.17) is 0 Å². The first-order chi connectivity index (χ1) is 10.7. The maximum atomic E-state index is 10.8. The normalized spacial score (nSPS) is 13.5. The zero-order valence-corrected chi connectivity index (χ0v) is 12.2. The lowest BCUT2D eigenvalue weighted by atomic mass is 10.2. The van der Waals surface area contributed by atoms with Gasteiger partial charge in [0, 0.05) is 11.4 Å². The molecule has 0 unspecified atom stereocenters. The number of carbonyl (C=O) groups is 2. The highest BCUT2D eigenvalue weighted by molar-refractivity contribution is 5.99. The van der Waals surface area contributed by atoms with Crippen LogP contribution in [0.25, 0.3) is 0 Å². The van der Waals surface area contributed by atoms with E-state index in [0.29, 0.717) is 21.0 Å². The van der Waals surface area contributed by atoms with Crippen LogP contribution in [0.3, 0.4) is 0 Å². The monoisotopic (exact) mass is 298 g/mol. The van der Waals surface area contributed by atoms with Crippen molar-refractivity contribution in [2.24, 2.45) is 0 Å². The summed E-state index contributed by atoms with van der Waals surface area (Å²) in [5, 5.41) is 5.52. The van der Waals surface area contributed by atoms with Crippen LogP contribution in [0.4, 0.5) is 15.7 Å². The van der Waals surface area contributed by atoms with Crippen LogP contribution in [0.2, 0.25) is 0 Å². The molecule has 22 heavy (non-hydrogen) atoms. The highest BCUT2D eigenvalue weighted by Crippen LogP contribution is 2.21. The van der Waals surface area contributed by atoms with Crippen molar-refractivity contribution in [3.63, 3.8) is 0 Å². The van der Waals surface area contributed by atoms with E-state index >= 15 is 0 Å². The third-order valence-electron chi connectivity index (χ3n) is 3.28. The SMILES string of the molecule is BF.O=C1Cc2ccccc2N1.O=C1Cc2ccccc2N1. The Bertz CT molecular complexity index is 578. The Morgan fingerprint density at radius 1 is 0.727 bits per heavy atom. The summed E-state index contributed by atoms with van der Waals surface area (Å²) in [6.45, 7) is 0. The summed E-state index contributed by atoms with van der Waals surface area (Å²) in [7, 11) is 0.500. The van der Waals surface area contributed by atoms with Gasteiger partial charge in [0.05, 0.1) is 12.8 Å². The summed E-state index contributed by atoms with van der Waals surface area (Å²) >= 11 is 0. The van der Waals surface area contributed by atoms with E-state index in [-0.39, 0.29) is 11.8 Å². The minimum absolute atomic E-state index is 0.0983. The largest absolute Gasteiger partial charge is 0.347 e. The van der Waals surface area contributed by atoms with Crippen molar-refractivity contribution in [2.45, 2.75) is 12.8 Å². The van der Waals surface area contributed by atoms with Crippen LogP contribution in [0, 0.1) is 0 Å². The van der Waals surface area contributed by atoms with Gasteiger partial charge >= 0.3 is 8.12 Å². The minimum Gasteiger partial charge on any atom is -0.347 e. The molecule has 4 rings (SSSR count). The molecule has 0 aliphatic carbocycles. The van der Waals surface area contributed by atoms with Crippen LogP contribution >= 0.6 is 0 Å². The third-order valence-corrected chi connectivity index (χ3v) is 3.28. The number of rotatable bonds is 0. The number of hydrogen-bond acceptors (Lipinski definition) is 2. The summed E-state index contributed by atoms with van der Waals surface area (Å²) in [4.78, 5) is 21.6. The Hall–Kier alpha value is -2.63. The fourth-order valence-electron chi connectivity index (χ4n) is 2.33. The van der Waals surface area contributed by atoms with E-state index in [1.807, 2.05) is 48.5 Å². The molecule has 0 aromatic heterocycles. The van der Waals surface area contributed by atoms with Gasteiger partial charge in [-0.25, -0.2) is 0 Å². The van der Waals surface area contributed by atoms with E-state index in [1.165, 1.54) is 0 Å². The molecule has 4 nitrogen and oxygen atoms in total. The molecule has 2 aliphatic heterocycles. The number of benzene rings is 2. The van der Waals surface area contributed by atoms with Crippen molar-refractivity contribution in [1.29, 1.82) is 0 Å². The van der Waals surface area contributed by atoms with Gasteiger partial charge in [0.15, 0.2) is 0 Å². The Morgan fingerprint density at radius 2 is 1.09 bits per heavy atom. The molecule has 2 aliphatic rings. The number of amides is 2. The van der Waals surface area contributed by atoms with Crippen molar-refractivity contribution in [3.05, 3.63) is 59.7 Å². The van der Waals surface area contributed by atoms with Crippen LogP contribution < -0.4 is 10.6 Å². The molecular formula is C16H16BFN2O2. The molecule has 2 aromatic rings. The Labute approximate surface area is 129 Å². The predicted molar refractivity (Wildman–Crippen MR) is 87.2 cm³/mol. The number of hydrogen-bond donors (Lipinski definition) is 2. The van der Waals surface area contributed by atoms with E-state index in [2.05, 4.69) is 10.6 Å². The molecular weight excluding hydrogens is 282 g/mol. The number of para-hydroxylation sites is 2. The molecule has 0 saturated heterocycles. The molecule has 2 heterocycles. The first-order valence-electron chi connectivity index (χ1n) is 6.86. The average Bonchev–Trinajstić information content (AvgIpc) is 3.10. The van der Waals surface area contributed by atoms with Gasteiger partial charge < -0.3 is 14.9 Å². The zero-order chi connectivity index (χ0) is 15.9. The standard InChI is InChI=1S/2C8H7NO.BFH2/c2*10-8-5-6-3-1-2-4-7(6)9-8;1-2/h2*1-4H,5H2,(H,9,10);1H2. The Balaban J connectivity index is 0.000000144. The maximum Gasteiger partial charge on any atom is 0.314 e. The summed E-state index contributed by atoms with van der Waals surface area (Å²) < 4.78 is 9.50. The van der Waals surface area contributed by atoms with Gasteiger partial charge in [0.1, 0.15) is 0 Å². The van der Waals surface area contributed by atoms with E-state index in [9.17, 15) is 13.9 Å². The smallest absolute Gasteiger partial charge is 0.314 e. The fourth-order valence-corrected chi connectivity index (χ4v) is 2.33. The number of fused-ring (bicyclic) bond motifs is 2. The summed E-state index contributed by atoms with van der Waals surface area (Å²) in [5.41, 5.74) is 4.14. The maximum absolute atomic E-state index is 10.8. The highest BCUT2D eigenvalue weighted by atomic mass is 19.1. The van der Waals surface area contributed by atoms with Gasteiger partial charge in [-0.15, -0.1) is 0 Å². The molecule has 112 valence electrons. The molecule has 0 saturated carbocycles. The van der Waals surface area contributed by atoms with E-state index in [0.717, 1.165) is 22.5 Å². The quantitative estimate of drug-likeness (QED) is 0.729. The van der Waals surface area contributed by atoms with Crippen molar-refractivity contribution in [1.82, 2.24) is 0 Å². The molecule has 0 fully saturated rings. The molecule has 6 heteroatoms. The summed E-state index contributed by atoms with van der Waals surface area (Å²) in [6.07, 6.45) is 1.08. The number of carbonyl (C=O) groups excluding carboxylic acids is 2. The van der Waals surface area contributed by atoms with E-state index < -0.39 is 0 Å². The van der Waals surface area contributed by atoms with Crippen LogP contribution in [-0.4, -0.2) is 19.9 Å². The van der Waals surface area contributed by atoms with E-state index in [1.54, 1.807) is 0 Å². The van der Waals surface area contributed by atoms with Crippen LogP contribution in [0.5, 0.6) is 0 Å². The van der Waals surface area contributed by atoms with Crippen molar-refractivity contribution < 1.29 is 13.9 Å². The summed E-state index contributed by atoms with van der Waals surface area (Å²) in [6, 6.07) is 15.5. The lowest BCUT2D eigenvalue weighted by molar-refractivity contribution is -0.115. The van der Waals surface area contributed by atoms with Crippen LogP contribution in [0.1, 0.15) is 11.1 Å². The van der Waals surface area contributed by atoms with Gasteiger partial charge in [-0.2, -0.15) is 0 Å². The second-order valence-corrected chi connectivity index (χ2v) is 4.76. The third kappa shape index (κ3) is 3.72. The van der Waals surface area contributed by atoms with Gasteiger partial charge in [-0.3, -0.25) is 9.59 Å². The molecule has 2 N–H and O–H groups in total. The molecule has 0 radical (unpaired) electrons. The second kappa shape index (κ2) is 7.40. The zero-order valence-electron chi connectivity index (χ0n) is 12.2. The average molecular weight is 298 g/mol. The van der Waals surface area contributed by atoms with Gasteiger partial charge in [0.25, 0.3) is 0 Å². The molecule has 0 bridgehead atoms. The number of nitrogens with one attached hydrogen (secondary N) is 2. The molecule has 0 atom stereocenters. The lowest BCUT2D eigenvalue weighted by Crippen LogP contribution is -2.03. The molecule has 0 spiro atoms. The molecule has 2 amide bonds. The number of halogens is 1.